The van der Waals surface area contributed by atoms with Crippen LogP contribution in [0.4, 0.5) is 11.4 Å². The average molecular weight is 251 g/mol. The smallest absolute Gasteiger partial charge is 0.170 e. The van der Waals surface area contributed by atoms with E-state index in [0.29, 0.717) is 5.11 Å². The van der Waals surface area contributed by atoms with Gasteiger partial charge in [-0.3, -0.25) is 0 Å². The minimum Gasteiger partial charge on any atom is -0.378 e. The minimum atomic E-state index is 0.629. The van der Waals surface area contributed by atoms with Gasteiger partial charge in [-0.05, 0) is 36.5 Å². The van der Waals surface area contributed by atoms with Gasteiger partial charge in [0, 0.05) is 31.5 Å². The molecule has 0 spiro atoms. The van der Waals surface area contributed by atoms with Crippen molar-refractivity contribution in [3.63, 3.8) is 0 Å². The van der Waals surface area contributed by atoms with E-state index in [4.69, 9.17) is 17.0 Å². The second-order valence-electron chi connectivity index (χ2n) is 3.85. The van der Waals surface area contributed by atoms with Crippen molar-refractivity contribution in [1.82, 2.24) is 5.32 Å². The summed E-state index contributed by atoms with van der Waals surface area (Å²) in [6.45, 7) is 3.54. The van der Waals surface area contributed by atoms with Crippen molar-refractivity contribution < 1.29 is 4.74 Å². The highest BCUT2D eigenvalue weighted by atomic mass is 32.1. The van der Waals surface area contributed by atoms with E-state index in [1.165, 1.54) is 5.69 Å². The zero-order valence-electron chi connectivity index (χ0n) is 9.90. The second kappa shape index (κ2) is 5.84. The average Bonchev–Trinajstić information content (AvgIpc) is 2.40. The molecule has 0 bridgehead atoms. The Bertz CT molecular complexity index is 374. The van der Waals surface area contributed by atoms with Gasteiger partial charge in [0.15, 0.2) is 5.11 Å². The predicted octanol–water partition coefficient (Wildman–Crippen LogP) is 1.44. The first-order valence-electron chi connectivity index (χ1n) is 5.71. The SMILES string of the molecule is CNC(=S)Nc1ccc(N2CCOCC2)cc1. The van der Waals surface area contributed by atoms with Gasteiger partial charge in [0.05, 0.1) is 13.2 Å². The van der Waals surface area contributed by atoms with Crippen LogP contribution in [-0.2, 0) is 4.74 Å². The Kier molecular flexibility index (Phi) is 4.17. The Labute approximate surface area is 107 Å². The van der Waals surface area contributed by atoms with Gasteiger partial charge in [0.2, 0.25) is 0 Å². The number of nitrogens with zero attached hydrogens (tertiary/aromatic N) is 1. The number of anilines is 2. The molecule has 17 heavy (non-hydrogen) atoms. The molecule has 5 heteroatoms. The van der Waals surface area contributed by atoms with Crippen molar-refractivity contribution in [2.24, 2.45) is 0 Å². The van der Waals surface area contributed by atoms with Crippen LogP contribution >= 0.6 is 12.2 Å². The number of hydrogen-bond donors (Lipinski definition) is 2. The molecule has 2 rings (SSSR count). The summed E-state index contributed by atoms with van der Waals surface area (Å²) >= 11 is 5.05. The van der Waals surface area contributed by atoms with E-state index >= 15 is 0 Å². The lowest BCUT2D eigenvalue weighted by atomic mass is 10.2. The Morgan fingerprint density at radius 3 is 2.47 bits per heavy atom. The van der Waals surface area contributed by atoms with E-state index in [-0.39, 0.29) is 0 Å². The third kappa shape index (κ3) is 3.31. The molecule has 0 amide bonds. The van der Waals surface area contributed by atoms with E-state index in [1.54, 1.807) is 7.05 Å². The van der Waals surface area contributed by atoms with Crippen molar-refractivity contribution in [3.05, 3.63) is 24.3 Å². The number of thiocarbonyl (C=S) groups is 1. The second-order valence-corrected chi connectivity index (χ2v) is 4.26. The van der Waals surface area contributed by atoms with Crippen molar-refractivity contribution in [2.45, 2.75) is 0 Å². The van der Waals surface area contributed by atoms with Crippen LogP contribution in [0.5, 0.6) is 0 Å². The summed E-state index contributed by atoms with van der Waals surface area (Å²) in [6, 6.07) is 8.28. The highest BCUT2D eigenvalue weighted by Gasteiger charge is 2.10. The summed E-state index contributed by atoms with van der Waals surface area (Å²) in [5.74, 6) is 0. The molecule has 1 aromatic rings. The fraction of sp³-hybridized carbons (Fsp3) is 0.417. The lowest BCUT2D eigenvalue weighted by Gasteiger charge is -2.28. The largest absolute Gasteiger partial charge is 0.378 e. The number of nitrogens with one attached hydrogen (secondary N) is 2. The summed E-state index contributed by atoms with van der Waals surface area (Å²) in [5.41, 5.74) is 2.23. The summed E-state index contributed by atoms with van der Waals surface area (Å²) in [5, 5.41) is 6.61. The molecular weight excluding hydrogens is 234 g/mol. The zero-order chi connectivity index (χ0) is 12.1. The molecule has 0 unspecified atom stereocenters. The first-order valence-corrected chi connectivity index (χ1v) is 6.12. The number of rotatable bonds is 2. The van der Waals surface area contributed by atoms with E-state index in [9.17, 15) is 0 Å². The lowest BCUT2D eigenvalue weighted by Crippen LogP contribution is -2.36. The molecule has 0 radical (unpaired) electrons. The van der Waals surface area contributed by atoms with Crippen molar-refractivity contribution in [1.29, 1.82) is 0 Å². The quantitative estimate of drug-likeness (QED) is 0.778. The molecule has 0 saturated carbocycles. The van der Waals surface area contributed by atoms with Crippen molar-refractivity contribution in [3.8, 4) is 0 Å². The third-order valence-electron chi connectivity index (χ3n) is 2.73. The minimum absolute atomic E-state index is 0.629. The lowest BCUT2D eigenvalue weighted by molar-refractivity contribution is 0.122. The van der Waals surface area contributed by atoms with Crippen LogP contribution in [0.2, 0.25) is 0 Å². The van der Waals surface area contributed by atoms with Crippen LogP contribution in [0.1, 0.15) is 0 Å². The van der Waals surface area contributed by atoms with Gasteiger partial charge in [0.1, 0.15) is 0 Å². The van der Waals surface area contributed by atoms with E-state index in [2.05, 4.69) is 27.7 Å². The number of morpholine rings is 1. The summed E-state index contributed by atoms with van der Waals surface area (Å²) in [4.78, 5) is 2.32. The standard InChI is InChI=1S/C12H17N3OS/c1-13-12(17)14-10-2-4-11(5-3-10)15-6-8-16-9-7-15/h2-5H,6-9H2,1H3,(H2,13,14,17). The van der Waals surface area contributed by atoms with Crippen LogP contribution < -0.4 is 15.5 Å². The molecular formula is C12H17N3OS. The van der Waals surface area contributed by atoms with Gasteiger partial charge in [0.25, 0.3) is 0 Å². The van der Waals surface area contributed by atoms with E-state index < -0.39 is 0 Å². The molecule has 1 aliphatic heterocycles. The van der Waals surface area contributed by atoms with E-state index in [0.717, 1.165) is 32.0 Å². The van der Waals surface area contributed by atoms with Gasteiger partial charge in [-0.15, -0.1) is 0 Å². The van der Waals surface area contributed by atoms with Gasteiger partial charge in [-0.25, -0.2) is 0 Å². The van der Waals surface area contributed by atoms with Gasteiger partial charge in [-0.1, -0.05) is 0 Å². The molecule has 1 aliphatic rings. The topological polar surface area (TPSA) is 36.5 Å². The molecule has 1 aromatic carbocycles. The third-order valence-corrected chi connectivity index (χ3v) is 3.03. The Morgan fingerprint density at radius 1 is 1.24 bits per heavy atom. The van der Waals surface area contributed by atoms with Crippen molar-refractivity contribution >= 4 is 28.7 Å². The Hall–Kier alpha value is -1.33. The summed E-state index contributed by atoms with van der Waals surface area (Å²) in [6.07, 6.45) is 0. The van der Waals surface area contributed by atoms with Crippen LogP contribution in [-0.4, -0.2) is 38.5 Å². The molecule has 92 valence electrons. The molecule has 0 aliphatic carbocycles. The van der Waals surface area contributed by atoms with Crippen molar-refractivity contribution in [2.75, 3.05) is 43.6 Å². The highest BCUT2D eigenvalue weighted by molar-refractivity contribution is 7.80. The van der Waals surface area contributed by atoms with Gasteiger partial charge in [-0.2, -0.15) is 0 Å². The molecule has 1 heterocycles. The molecule has 1 fully saturated rings. The zero-order valence-corrected chi connectivity index (χ0v) is 10.7. The Balaban J connectivity index is 1.99. The first kappa shape index (κ1) is 12.1. The highest BCUT2D eigenvalue weighted by Crippen LogP contribution is 2.18. The maximum atomic E-state index is 5.33. The fourth-order valence-corrected chi connectivity index (χ4v) is 1.89. The fourth-order valence-electron chi connectivity index (χ4n) is 1.77. The predicted molar refractivity (Wildman–Crippen MR) is 74.8 cm³/mol. The van der Waals surface area contributed by atoms with Crippen LogP contribution in [0.3, 0.4) is 0 Å². The summed E-state index contributed by atoms with van der Waals surface area (Å²) in [7, 11) is 1.80. The maximum absolute atomic E-state index is 5.33. The number of ether oxygens (including phenoxy) is 1. The van der Waals surface area contributed by atoms with Gasteiger partial charge >= 0.3 is 0 Å². The van der Waals surface area contributed by atoms with Crippen LogP contribution in [0.15, 0.2) is 24.3 Å². The van der Waals surface area contributed by atoms with Crippen LogP contribution in [0, 0.1) is 0 Å². The molecule has 0 atom stereocenters. The number of benzene rings is 1. The molecule has 0 aromatic heterocycles. The van der Waals surface area contributed by atoms with E-state index in [1.807, 2.05) is 12.1 Å². The summed E-state index contributed by atoms with van der Waals surface area (Å²) < 4.78 is 5.33. The molecule has 2 N–H and O–H groups in total. The monoisotopic (exact) mass is 251 g/mol. The molecule has 1 saturated heterocycles. The molecule has 4 nitrogen and oxygen atoms in total. The maximum Gasteiger partial charge on any atom is 0.170 e. The van der Waals surface area contributed by atoms with Crippen LogP contribution in [0.25, 0.3) is 0 Å². The number of hydrogen-bond acceptors (Lipinski definition) is 3. The normalized spacial score (nSPS) is 15.5. The Morgan fingerprint density at radius 2 is 1.88 bits per heavy atom. The van der Waals surface area contributed by atoms with Gasteiger partial charge < -0.3 is 20.3 Å². The first-order chi connectivity index (χ1) is 8.29.